The molecule has 5 heteroatoms. The van der Waals surface area contributed by atoms with Crippen LogP contribution in [0.2, 0.25) is 0 Å². The molecular weight excluding hydrogens is 830 g/mol. The summed E-state index contributed by atoms with van der Waals surface area (Å²) < 4.78 is 2.77. The van der Waals surface area contributed by atoms with E-state index in [1.54, 1.807) is 0 Å². The Hall–Kier alpha value is -5.26. The Morgan fingerprint density at radius 1 is 0.493 bits per heavy atom. The maximum absolute atomic E-state index is 2.80. The Morgan fingerprint density at radius 3 is 1.63 bits per heavy atom. The smallest absolute Gasteiger partial charge is 0.264 e. The molecule has 1 aliphatic carbocycles. The molecule has 0 N–H and O–H groups in total. The Kier molecular flexibility index (Phi) is 9.66. The van der Waals surface area contributed by atoms with E-state index in [-0.39, 0.29) is 39.3 Å². The maximum Gasteiger partial charge on any atom is 0.264 e. The highest BCUT2D eigenvalue weighted by atomic mass is 32.1. The lowest BCUT2D eigenvalue weighted by atomic mass is 9.36. The number of para-hydroxylation sites is 1. The molecule has 0 saturated heterocycles. The Bertz CT molecular complexity index is 3110. The summed E-state index contributed by atoms with van der Waals surface area (Å²) in [6.45, 7) is 33.3. The van der Waals surface area contributed by atoms with Crippen molar-refractivity contribution in [1.82, 2.24) is 0 Å². The first-order valence-corrected chi connectivity index (χ1v) is 25.9. The Morgan fingerprint density at radius 2 is 1.01 bits per heavy atom. The first kappa shape index (κ1) is 44.3. The van der Waals surface area contributed by atoms with E-state index in [1.165, 1.54) is 118 Å². The van der Waals surface area contributed by atoms with Crippen LogP contribution in [0.5, 0.6) is 0 Å². The third-order valence-electron chi connectivity index (χ3n) is 16.6. The summed E-state index contributed by atoms with van der Waals surface area (Å²) in [6.07, 6.45) is 4.84. The topological polar surface area (TPSA) is 9.72 Å². The average molecular weight is 900 g/mol. The fourth-order valence-corrected chi connectivity index (χ4v) is 13.7. The van der Waals surface area contributed by atoms with Crippen LogP contribution >= 0.6 is 11.3 Å². The van der Waals surface area contributed by atoms with Gasteiger partial charge in [0, 0.05) is 60.1 Å². The summed E-state index contributed by atoms with van der Waals surface area (Å²) >= 11 is 2.01. The molecule has 0 radical (unpaired) electrons. The molecule has 2 unspecified atom stereocenters. The average Bonchev–Trinajstić information content (AvgIpc) is 3.74. The summed E-state index contributed by atoms with van der Waals surface area (Å²) in [5, 5.41) is 1.34. The zero-order valence-corrected chi connectivity index (χ0v) is 43.5. The lowest BCUT2D eigenvalue weighted by Crippen LogP contribution is -2.61. The lowest BCUT2D eigenvalue weighted by molar-refractivity contribution is 0.195. The van der Waals surface area contributed by atoms with Gasteiger partial charge in [-0.1, -0.05) is 164 Å². The van der Waals surface area contributed by atoms with E-state index in [0.29, 0.717) is 0 Å². The minimum absolute atomic E-state index is 0.00241. The fourth-order valence-electron chi connectivity index (χ4n) is 12.4. The number of hydrogen-bond donors (Lipinski definition) is 0. The van der Waals surface area contributed by atoms with E-state index in [0.717, 1.165) is 6.42 Å². The van der Waals surface area contributed by atoms with E-state index in [9.17, 15) is 0 Å². The number of rotatable bonds is 3. The van der Waals surface area contributed by atoms with Crippen LogP contribution in [0, 0.1) is 0 Å². The van der Waals surface area contributed by atoms with E-state index in [2.05, 4.69) is 233 Å². The van der Waals surface area contributed by atoms with Gasteiger partial charge in [0.25, 0.3) is 6.71 Å². The van der Waals surface area contributed by atoms with Gasteiger partial charge in [0.05, 0.1) is 11.2 Å². The van der Waals surface area contributed by atoms with Crippen molar-refractivity contribution in [2.24, 2.45) is 0 Å². The number of fused-ring (bicyclic) bond motifs is 9. The van der Waals surface area contributed by atoms with Crippen molar-refractivity contribution >= 4 is 89.3 Å². The first-order chi connectivity index (χ1) is 31.5. The highest BCUT2D eigenvalue weighted by molar-refractivity contribution is 7.33. The predicted molar refractivity (Wildman–Crippen MR) is 293 cm³/mol. The molecule has 342 valence electrons. The summed E-state index contributed by atoms with van der Waals surface area (Å²) in [4.78, 5) is 8.12. The molecule has 11 rings (SSSR count). The van der Waals surface area contributed by atoms with E-state index >= 15 is 0 Å². The minimum Gasteiger partial charge on any atom is -0.334 e. The summed E-state index contributed by atoms with van der Waals surface area (Å²) in [5.41, 5.74) is 19.9. The monoisotopic (exact) mass is 900 g/mol. The maximum atomic E-state index is 2.80. The van der Waals surface area contributed by atoms with Crippen LogP contribution in [0.3, 0.4) is 0 Å². The highest BCUT2D eigenvalue weighted by Crippen LogP contribution is 2.62. The Labute approximate surface area is 406 Å². The van der Waals surface area contributed by atoms with Crippen LogP contribution < -0.4 is 30.4 Å². The second-order valence-corrected chi connectivity index (χ2v) is 26.1. The number of anilines is 8. The zero-order chi connectivity index (χ0) is 47.4. The quantitative estimate of drug-likeness (QED) is 0.164. The van der Waals surface area contributed by atoms with E-state index in [4.69, 9.17) is 0 Å². The molecular formula is C62H70BN3S. The van der Waals surface area contributed by atoms with Gasteiger partial charge in [-0.05, 0) is 141 Å². The lowest BCUT2D eigenvalue weighted by Gasteiger charge is -2.51. The molecule has 3 aliphatic heterocycles. The third-order valence-corrected chi connectivity index (χ3v) is 17.9. The van der Waals surface area contributed by atoms with Crippen molar-refractivity contribution < 1.29 is 0 Å². The van der Waals surface area contributed by atoms with Gasteiger partial charge in [0.2, 0.25) is 0 Å². The van der Waals surface area contributed by atoms with Gasteiger partial charge >= 0.3 is 0 Å². The molecule has 1 fully saturated rings. The molecule has 6 aromatic carbocycles. The normalized spacial score (nSPS) is 20.1. The van der Waals surface area contributed by atoms with Gasteiger partial charge in [0.1, 0.15) is 0 Å². The van der Waals surface area contributed by atoms with Crippen molar-refractivity contribution in [2.75, 3.05) is 14.7 Å². The van der Waals surface area contributed by atoms with Gasteiger partial charge in [-0.2, -0.15) is 0 Å². The van der Waals surface area contributed by atoms with Crippen LogP contribution in [0.25, 0.3) is 10.1 Å². The van der Waals surface area contributed by atoms with Gasteiger partial charge in [-0.15, -0.1) is 11.3 Å². The molecule has 1 aromatic heterocycles. The van der Waals surface area contributed by atoms with Gasteiger partial charge in [-0.3, -0.25) is 0 Å². The number of hydrogen-bond acceptors (Lipinski definition) is 4. The predicted octanol–water partition coefficient (Wildman–Crippen LogP) is 15.9. The van der Waals surface area contributed by atoms with Crippen LogP contribution in [0.1, 0.15) is 150 Å². The number of nitrogens with zero attached hydrogens (tertiary/aromatic N) is 3. The molecule has 1 saturated carbocycles. The van der Waals surface area contributed by atoms with Crippen LogP contribution in [-0.2, 0) is 27.1 Å². The standard InChI is InChI=1S/C62H70BN3S/c1-57(2,3)39-21-27-43(28-22-39)64-50-31-25-42(60(10,11)12)36-48(50)63-54-51(64)37-45(66-49-20-16-15-19-47(49)61(13)33-17-18-34-62(61,66)14)38-52(54)65(44-29-23-40(24-30-44)58(4,5)6)55-46-35-41(59(7,8)9)26-32-53(46)67-56(55)63/h15-16,19-32,35-38H,17-18,33-34H2,1-14H3. The summed E-state index contributed by atoms with van der Waals surface area (Å²) in [6, 6.07) is 48.4. The van der Waals surface area contributed by atoms with Crippen LogP contribution in [0.15, 0.2) is 121 Å². The van der Waals surface area contributed by atoms with Crippen molar-refractivity contribution in [3.63, 3.8) is 0 Å². The van der Waals surface area contributed by atoms with Crippen molar-refractivity contribution in [1.29, 1.82) is 0 Å². The first-order valence-electron chi connectivity index (χ1n) is 25.1. The molecule has 7 aromatic rings. The van der Waals surface area contributed by atoms with Gasteiger partial charge < -0.3 is 14.7 Å². The second-order valence-electron chi connectivity index (χ2n) is 25.1. The Balaban J connectivity index is 1.29. The molecule has 0 spiro atoms. The SMILES string of the molecule is CC(C)(C)c1ccc(N2c3ccc(C(C)(C)C)cc3B3c4sc5ccc(C(C)(C)C)cc5c4N(c4ccc(C(C)(C)C)cc4)c4cc(N5c6ccccc6C6(C)CCCCC56C)cc2c43)cc1. The molecule has 3 nitrogen and oxygen atoms in total. The van der Waals surface area contributed by atoms with Crippen molar-refractivity contribution in [3.8, 4) is 0 Å². The van der Waals surface area contributed by atoms with Crippen LogP contribution in [-0.4, -0.2) is 12.3 Å². The molecule has 4 aliphatic rings. The number of thiophene rings is 1. The van der Waals surface area contributed by atoms with E-state index < -0.39 is 0 Å². The van der Waals surface area contributed by atoms with Crippen LogP contribution in [0.4, 0.5) is 45.5 Å². The third kappa shape index (κ3) is 6.64. The van der Waals surface area contributed by atoms with Gasteiger partial charge in [-0.25, -0.2) is 0 Å². The van der Waals surface area contributed by atoms with Gasteiger partial charge in [0.15, 0.2) is 0 Å². The largest absolute Gasteiger partial charge is 0.334 e. The summed E-state index contributed by atoms with van der Waals surface area (Å²) in [5.74, 6) is 0. The zero-order valence-electron chi connectivity index (χ0n) is 42.7. The minimum atomic E-state index is -0.0988. The fraction of sp³-hybridized carbons (Fsp3) is 0.387. The molecule has 2 atom stereocenters. The molecule has 67 heavy (non-hydrogen) atoms. The highest BCUT2D eigenvalue weighted by Gasteiger charge is 2.58. The second kappa shape index (κ2) is 14.6. The molecule has 0 amide bonds. The summed E-state index contributed by atoms with van der Waals surface area (Å²) in [7, 11) is 0. The van der Waals surface area contributed by atoms with Crippen molar-refractivity contribution in [2.45, 2.75) is 155 Å². The van der Waals surface area contributed by atoms with E-state index in [1.807, 2.05) is 11.3 Å². The van der Waals surface area contributed by atoms with Crippen molar-refractivity contribution in [3.05, 3.63) is 149 Å². The molecule has 0 bridgehead atoms. The molecule has 4 heterocycles. The number of benzene rings is 6.